The van der Waals surface area contributed by atoms with E-state index in [-0.39, 0.29) is 12.3 Å². The van der Waals surface area contributed by atoms with E-state index in [0.29, 0.717) is 36.0 Å². The van der Waals surface area contributed by atoms with Crippen LogP contribution in [0.5, 0.6) is 0 Å². The number of thiophene rings is 1. The highest BCUT2D eigenvalue weighted by atomic mass is 32.2. The molecule has 0 saturated carbocycles. The fourth-order valence-corrected chi connectivity index (χ4v) is 6.42. The molecule has 1 saturated heterocycles. The lowest BCUT2D eigenvalue weighted by Gasteiger charge is -2.25. The van der Waals surface area contributed by atoms with Crippen LogP contribution in [0.3, 0.4) is 0 Å². The summed E-state index contributed by atoms with van der Waals surface area (Å²) in [5.41, 5.74) is 1.49. The summed E-state index contributed by atoms with van der Waals surface area (Å²) in [6.07, 6.45) is 4.66. The standard InChI is InChI=1S/C22H25N3O3S2/c1-2-12-24(17-19-8-6-18(16-23)7-9-19)21(26)15-20-10-11-22(29-20)30(27,28)25-13-4-3-5-14-25/h2,6-11H,1,3-5,12-15,17H2. The van der Waals surface area contributed by atoms with Gasteiger partial charge in [-0.05, 0) is 42.7 Å². The van der Waals surface area contributed by atoms with Gasteiger partial charge in [0.25, 0.3) is 10.0 Å². The van der Waals surface area contributed by atoms with Gasteiger partial charge in [0, 0.05) is 31.1 Å². The summed E-state index contributed by atoms with van der Waals surface area (Å²) < 4.78 is 27.5. The maximum Gasteiger partial charge on any atom is 0.252 e. The molecule has 1 aliphatic rings. The monoisotopic (exact) mass is 443 g/mol. The van der Waals surface area contributed by atoms with Gasteiger partial charge in [-0.1, -0.05) is 24.6 Å². The Balaban J connectivity index is 1.68. The highest BCUT2D eigenvalue weighted by Gasteiger charge is 2.27. The number of nitrogens with zero attached hydrogens (tertiary/aromatic N) is 3. The number of carbonyl (C=O) groups excluding carboxylic acids is 1. The molecule has 0 N–H and O–H groups in total. The van der Waals surface area contributed by atoms with Crippen LogP contribution in [0.15, 0.2) is 53.3 Å². The third-order valence-electron chi connectivity index (χ3n) is 5.03. The van der Waals surface area contributed by atoms with Crippen LogP contribution in [0.25, 0.3) is 0 Å². The van der Waals surface area contributed by atoms with Crippen LogP contribution in [0.1, 0.15) is 35.3 Å². The van der Waals surface area contributed by atoms with Crippen LogP contribution >= 0.6 is 11.3 Å². The lowest BCUT2D eigenvalue weighted by molar-refractivity contribution is -0.130. The topological polar surface area (TPSA) is 81.5 Å². The van der Waals surface area contributed by atoms with Gasteiger partial charge in [-0.3, -0.25) is 4.79 Å². The van der Waals surface area contributed by atoms with Crippen molar-refractivity contribution < 1.29 is 13.2 Å². The second-order valence-corrected chi connectivity index (χ2v) is 10.6. The third kappa shape index (κ3) is 5.36. The van der Waals surface area contributed by atoms with Crippen LogP contribution in [0, 0.1) is 11.3 Å². The summed E-state index contributed by atoms with van der Waals surface area (Å²) in [5.74, 6) is -0.0944. The Morgan fingerprint density at radius 1 is 1.17 bits per heavy atom. The molecule has 1 aromatic heterocycles. The third-order valence-corrected chi connectivity index (χ3v) is 8.48. The Morgan fingerprint density at radius 2 is 1.87 bits per heavy atom. The largest absolute Gasteiger partial charge is 0.334 e. The fraction of sp³-hybridized carbons (Fsp3) is 0.364. The lowest BCUT2D eigenvalue weighted by Crippen LogP contribution is -2.35. The molecule has 1 aliphatic heterocycles. The first-order valence-corrected chi connectivity index (χ1v) is 12.2. The van der Waals surface area contributed by atoms with Crippen molar-refractivity contribution in [2.24, 2.45) is 0 Å². The molecule has 8 heteroatoms. The van der Waals surface area contributed by atoms with Crippen molar-refractivity contribution in [2.75, 3.05) is 19.6 Å². The number of carbonyl (C=O) groups is 1. The Bertz CT molecular complexity index is 1030. The smallest absolute Gasteiger partial charge is 0.252 e. The van der Waals surface area contributed by atoms with Crippen molar-refractivity contribution in [3.63, 3.8) is 0 Å². The molecule has 3 rings (SSSR count). The zero-order valence-electron chi connectivity index (χ0n) is 16.8. The fourth-order valence-electron chi connectivity index (χ4n) is 3.40. The maximum atomic E-state index is 12.9. The second-order valence-electron chi connectivity index (χ2n) is 7.23. The summed E-state index contributed by atoms with van der Waals surface area (Å²) in [6, 6.07) is 12.5. The van der Waals surface area contributed by atoms with Crippen LogP contribution in [0.4, 0.5) is 0 Å². The predicted molar refractivity (Wildman–Crippen MR) is 117 cm³/mol. The first-order chi connectivity index (χ1) is 14.4. The van der Waals surface area contributed by atoms with Crippen LogP contribution in [0.2, 0.25) is 0 Å². The highest BCUT2D eigenvalue weighted by Crippen LogP contribution is 2.27. The van der Waals surface area contributed by atoms with E-state index in [2.05, 4.69) is 12.6 Å². The molecule has 0 spiro atoms. The molecule has 0 bridgehead atoms. The molecule has 0 aliphatic carbocycles. The minimum atomic E-state index is -3.48. The first-order valence-electron chi connectivity index (χ1n) is 9.90. The summed E-state index contributed by atoms with van der Waals surface area (Å²) in [6.45, 7) is 5.65. The number of sulfonamides is 1. The SMILES string of the molecule is C=CCN(Cc1ccc(C#N)cc1)C(=O)Cc1ccc(S(=O)(=O)N2CCCCC2)s1. The molecular formula is C22H25N3O3S2. The molecule has 1 amide bonds. The zero-order valence-corrected chi connectivity index (χ0v) is 18.4. The van der Waals surface area contributed by atoms with Gasteiger partial charge in [0.2, 0.25) is 5.91 Å². The van der Waals surface area contributed by atoms with Crippen molar-refractivity contribution >= 4 is 27.3 Å². The molecule has 0 unspecified atom stereocenters. The quantitative estimate of drug-likeness (QED) is 0.584. The van der Waals surface area contributed by atoms with E-state index in [1.165, 1.54) is 11.3 Å². The molecule has 0 atom stereocenters. The zero-order chi connectivity index (χ0) is 21.6. The van der Waals surface area contributed by atoms with Gasteiger partial charge < -0.3 is 4.90 Å². The number of hydrogen-bond acceptors (Lipinski definition) is 5. The number of hydrogen-bond donors (Lipinski definition) is 0. The summed E-state index contributed by atoms with van der Waals surface area (Å²) in [5, 5.41) is 8.92. The Kier molecular flexibility index (Phi) is 7.43. The van der Waals surface area contributed by atoms with Gasteiger partial charge in [-0.25, -0.2) is 8.42 Å². The average Bonchev–Trinajstić information content (AvgIpc) is 3.24. The first kappa shape index (κ1) is 22.2. The van der Waals surface area contributed by atoms with Crippen LogP contribution in [-0.2, 0) is 27.8 Å². The molecule has 6 nitrogen and oxygen atoms in total. The number of piperidine rings is 1. The van der Waals surface area contributed by atoms with Gasteiger partial charge in [-0.15, -0.1) is 17.9 Å². The average molecular weight is 444 g/mol. The van der Waals surface area contributed by atoms with Gasteiger partial charge in [-0.2, -0.15) is 9.57 Å². The van der Waals surface area contributed by atoms with Crippen molar-refractivity contribution in [2.45, 2.75) is 36.4 Å². The molecule has 1 aromatic carbocycles. The van der Waals surface area contributed by atoms with Crippen molar-refractivity contribution in [3.05, 3.63) is 65.1 Å². The van der Waals surface area contributed by atoms with Crippen molar-refractivity contribution in [3.8, 4) is 6.07 Å². The maximum absolute atomic E-state index is 12.9. The lowest BCUT2D eigenvalue weighted by atomic mass is 10.1. The Labute approximate surface area is 182 Å². The van der Waals surface area contributed by atoms with Gasteiger partial charge in [0.15, 0.2) is 0 Å². The molecule has 2 aromatic rings. The summed E-state index contributed by atoms with van der Waals surface area (Å²) in [7, 11) is -3.48. The predicted octanol–water partition coefficient (Wildman–Crippen LogP) is 3.55. The van der Waals surface area contributed by atoms with E-state index in [1.807, 2.05) is 12.1 Å². The highest BCUT2D eigenvalue weighted by molar-refractivity contribution is 7.91. The number of rotatable bonds is 8. The molecule has 2 heterocycles. The summed E-state index contributed by atoms with van der Waals surface area (Å²) in [4.78, 5) is 15.3. The summed E-state index contributed by atoms with van der Waals surface area (Å²) >= 11 is 1.17. The molecule has 158 valence electrons. The molecule has 0 radical (unpaired) electrons. The van der Waals surface area contributed by atoms with Gasteiger partial charge in [0.1, 0.15) is 4.21 Å². The van der Waals surface area contributed by atoms with E-state index in [1.54, 1.807) is 39.5 Å². The van der Waals surface area contributed by atoms with E-state index in [9.17, 15) is 13.2 Å². The minimum Gasteiger partial charge on any atom is -0.334 e. The van der Waals surface area contributed by atoms with E-state index >= 15 is 0 Å². The number of nitriles is 1. The second kappa shape index (κ2) is 10.0. The van der Waals surface area contributed by atoms with E-state index in [0.717, 1.165) is 29.7 Å². The molecule has 30 heavy (non-hydrogen) atoms. The van der Waals surface area contributed by atoms with Gasteiger partial charge >= 0.3 is 0 Å². The van der Waals surface area contributed by atoms with Crippen LogP contribution < -0.4 is 0 Å². The van der Waals surface area contributed by atoms with E-state index in [4.69, 9.17) is 5.26 Å². The van der Waals surface area contributed by atoms with E-state index < -0.39 is 10.0 Å². The van der Waals surface area contributed by atoms with Crippen molar-refractivity contribution in [1.29, 1.82) is 5.26 Å². The minimum absolute atomic E-state index is 0.0944. The van der Waals surface area contributed by atoms with Gasteiger partial charge in [0.05, 0.1) is 18.1 Å². The normalized spacial score (nSPS) is 14.8. The Hall–Kier alpha value is -2.47. The molecule has 1 fully saturated rings. The van der Waals surface area contributed by atoms with Crippen LogP contribution in [-0.4, -0.2) is 43.2 Å². The number of benzene rings is 1. The number of amides is 1. The van der Waals surface area contributed by atoms with Crippen molar-refractivity contribution in [1.82, 2.24) is 9.21 Å². The molecular weight excluding hydrogens is 418 g/mol. The Morgan fingerprint density at radius 3 is 2.50 bits per heavy atom.